The van der Waals surface area contributed by atoms with Gasteiger partial charge in [0.05, 0.1) is 12.6 Å². The Morgan fingerprint density at radius 2 is 2.00 bits per heavy atom. The topological polar surface area (TPSA) is 68.2 Å². The maximum absolute atomic E-state index is 12.8. The molecule has 5 rings (SSSR count). The number of imidazole rings is 1. The van der Waals surface area contributed by atoms with Gasteiger partial charge in [-0.1, -0.05) is 48.5 Å². The molecule has 160 valence electrons. The van der Waals surface area contributed by atoms with E-state index in [-0.39, 0.29) is 11.9 Å². The number of aryl methyl sites for hydroxylation is 1. The average molecular weight is 417 g/mol. The maximum Gasteiger partial charge on any atom is 0.271 e. The number of carbonyl (C=O) groups is 1. The summed E-state index contributed by atoms with van der Waals surface area (Å²) in [5.74, 6) is 1.71. The van der Waals surface area contributed by atoms with Crippen LogP contribution in [0.5, 0.6) is 5.75 Å². The van der Waals surface area contributed by atoms with Crippen LogP contribution in [0.25, 0.3) is 0 Å². The fourth-order valence-electron chi connectivity index (χ4n) is 4.47. The van der Waals surface area contributed by atoms with Crippen molar-refractivity contribution in [2.24, 2.45) is 0 Å². The van der Waals surface area contributed by atoms with Crippen LogP contribution in [0, 0.1) is 0 Å². The fraction of sp³-hybridized carbons (Fsp3) is 0.360. The summed E-state index contributed by atoms with van der Waals surface area (Å²) in [5.41, 5.74) is 3.00. The second-order valence-corrected chi connectivity index (χ2v) is 8.44. The summed E-state index contributed by atoms with van der Waals surface area (Å²) in [7, 11) is 0. The van der Waals surface area contributed by atoms with Gasteiger partial charge in [-0.05, 0) is 42.9 Å². The van der Waals surface area contributed by atoms with E-state index in [2.05, 4.69) is 50.5 Å². The van der Waals surface area contributed by atoms with E-state index < -0.39 is 0 Å². The zero-order valence-corrected chi connectivity index (χ0v) is 17.6. The SMILES string of the molecule is O=C(N[C@H]1COc2ccccc2C1)c1cn2c(n1)CNC(CCCc1ccccc1)C2. The molecule has 3 aromatic rings. The van der Waals surface area contributed by atoms with E-state index in [9.17, 15) is 4.79 Å². The summed E-state index contributed by atoms with van der Waals surface area (Å²) >= 11 is 0. The van der Waals surface area contributed by atoms with E-state index >= 15 is 0 Å². The van der Waals surface area contributed by atoms with Crippen LogP contribution in [0.4, 0.5) is 0 Å². The molecule has 6 nitrogen and oxygen atoms in total. The standard InChI is InChI=1S/C25H28N4O2/c30-25(27-21-13-19-10-4-5-12-23(19)31-17-21)22-16-29-15-20(26-14-24(29)28-22)11-6-9-18-7-2-1-3-8-18/h1-5,7-8,10,12,16,20-21,26H,6,9,11,13-15,17H2,(H,27,30)/t20?,21-/m1/s1. The number of nitrogens with zero attached hydrogens (tertiary/aromatic N) is 2. The van der Waals surface area contributed by atoms with Crippen LogP contribution in [0.1, 0.15) is 40.3 Å². The highest BCUT2D eigenvalue weighted by Crippen LogP contribution is 2.24. The van der Waals surface area contributed by atoms with Gasteiger partial charge in [-0.25, -0.2) is 4.98 Å². The molecule has 3 heterocycles. The summed E-state index contributed by atoms with van der Waals surface area (Å²) in [6, 6.07) is 19.0. The monoisotopic (exact) mass is 416 g/mol. The molecule has 0 aliphatic carbocycles. The lowest BCUT2D eigenvalue weighted by Gasteiger charge is -2.25. The molecule has 0 saturated carbocycles. The molecular formula is C25H28N4O2. The van der Waals surface area contributed by atoms with Crippen molar-refractivity contribution in [2.75, 3.05) is 6.61 Å². The molecule has 2 aromatic carbocycles. The van der Waals surface area contributed by atoms with Crippen LogP contribution in [-0.4, -0.2) is 34.1 Å². The van der Waals surface area contributed by atoms with Crippen molar-refractivity contribution < 1.29 is 9.53 Å². The smallest absolute Gasteiger partial charge is 0.271 e. The molecule has 6 heteroatoms. The van der Waals surface area contributed by atoms with Crippen molar-refractivity contribution >= 4 is 5.91 Å². The summed E-state index contributed by atoms with van der Waals surface area (Å²) in [6.07, 6.45) is 6.01. The molecule has 2 aliphatic rings. The number of carbonyl (C=O) groups excluding carboxylic acids is 1. The van der Waals surface area contributed by atoms with Gasteiger partial charge in [-0.2, -0.15) is 0 Å². The first-order chi connectivity index (χ1) is 15.2. The highest BCUT2D eigenvalue weighted by atomic mass is 16.5. The average Bonchev–Trinajstić information content (AvgIpc) is 3.23. The zero-order valence-electron chi connectivity index (χ0n) is 17.6. The number of ether oxygens (including phenoxy) is 1. The number of rotatable bonds is 6. The van der Waals surface area contributed by atoms with Crippen LogP contribution < -0.4 is 15.4 Å². The first kappa shape index (κ1) is 19.8. The van der Waals surface area contributed by atoms with Crippen molar-refractivity contribution in [1.82, 2.24) is 20.2 Å². The molecule has 1 aromatic heterocycles. The quantitative estimate of drug-likeness (QED) is 0.648. The number of aromatic nitrogens is 2. The van der Waals surface area contributed by atoms with Gasteiger partial charge in [0.1, 0.15) is 23.9 Å². The first-order valence-electron chi connectivity index (χ1n) is 11.1. The third-order valence-electron chi connectivity index (χ3n) is 6.13. The van der Waals surface area contributed by atoms with E-state index in [0.717, 1.165) is 49.4 Å². The number of benzene rings is 2. The third kappa shape index (κ3) is 4.64. The van der Waals surface area contributed by atoms with Crippen LogP contribution in [0.2, 0.25) is 0 Å². The molecule has 2 N–H and O–H groups in total. The lowest BCUT2D eigenvalue weighted by Crippen LogP contribution is -2.42. The molecule has 0 spiro atoms. The minimum atomic E-state index is -0.129. The van der Waals surface area contributed by atoms with E-state index in [0.29, 0.717) is 24.9 Å². The fourth-order valence-corrected chi connectivity index (χ4v) is 4.47. The third-order valence-corrected chi connectivity index (χ3v) is 6.13. The van der Waals surface area contributed by atoms with Gasteiger partial charge in [-0.15, -0.1) is 0 Å². The molecule has 0 fully saturated rings. The van der Waals surface area contributed by atoms with E-state index in [4.69, 9.17) is 4.74 Å². The van der Waals surface area contributed by atoms with E-state index in [1.54, 1.807) is 0 Å². The first-order valence-corrected chi connectivity index (χ1v) is 11.1. The lowest BCUT2D eigenvalue weighted by molar-refractivity contribution is 0.0910. The number of hydrogen-bond acceptors (Lipinski definition) is 4. The van der Waals surface area contributed by atoms with Gasteiger partial charge in [0.25, 0.3) is 5.91 Å². The molecule has 31 heavy (non-hydrogen) atoms. The Morgan fingerprint density at radius 1 is 1.16 bits per heavy atom. The molecule has 1 amide bonds. The Kier molecular flexibility index (Phi) is 5.71. The Balaban J connectivity index is 1.15. The molecule has 2 aliphatic heterocycles. The highest BCUT2D eigenvalue weighted by molar-refractivity contribution is 5.92. The normalized spacial score (nSPS) is 19.7. The minimum Gasteiger partial charge on any atom is -0.491 e. The molecular weight excluding hydrogens is 388 g/mol. The number of nitrogens with one attached hydrogen (secondary N) is 2. The van der Waals surface area contributed by atoms with Crippen molar-refractivity contribution in [2.45, 2.75) is 50.9 Å². The number of hydrogen-bond donors (Lipinski definition) is 2. The minimum absolute atomic E-state index is 0.0370. The summed E-state index contributed by atoms with van der Waals surface area (Å²) in [5, 5.41) is 6.66. The van der Waals surface area contributed by atoms with Crippen LogP contribution in [0.3, 0.4) is 0 Å². The van der Waals surface area contributed by atoms with Crippen LogP contribution >= 0.6 is 0 Å². The van der Waals surface area contributed by atoms with Crippen LogP contribution in [-0.2, 0) is 25.9 Å². The second kappa shape index (κ2) is 8.94. The highest BCUT2D eigenvalue weighted by Gasteiger charge is 2.25. The molecule has 0 bridgehead atoms. The Labute approximate surface area is 182 Å². The Bertz CT molecular complexity index is 1050. The molecule has 1 unspecified atom stereocenters. The zero-order chi connectivity index (χ0) is 21.0. The molecule has 0 radical (unpaired) electrons. The Hall–Kier alpha value is -3.12. The van der Waals surface area contributed by atoms with Gasteiger partial charge in [0.2, 0.25) is 0 Å². The van der Waals surface area contributed by atoms with E-state index in [1.165, 1.54) is 5.56 Å². The van der Waals surface area contributed by atoms with Gasteiger partial charge >= 0.3 is 0 Å². The van der Waals surface area contributed by atoms with Gasteiger partial charge in [0, 0.05) is 18.8 Å². The number of para-hydroxylation sites is 1. The largest absolute Gasteiger partial charge is 0.491 e. The van der Waals surface area contributed by atoms with Crippen molar-refractivity contribution in [3.63, 3.8) is 0 Å². The summed E-state index contributed by atoms with van der Waals surface area (Å²) in [4.78, 5) is 17.4. The van der Waals surface area contributed by atoms with Gasteiger partial charge in [0.15, 0.2) is 0 Å². The lowest BCUT2D eigenvalue weighted by atomic mass is 10.0. The van der Waals surface area contributed by atoms with Crippen molar-refractivity contribution in [1.29, 1.82) is 0 Å². The van der Waals surface area contributed by atoms with Crippen LogP contribution in [0.15, 0.2) is 60.8 Å². The second-order valence-electron chi connectivity index (χ2n) is 8.44. The predicted octanol–water partition coefficient (Wildman–Crippen LogP) is 3.11. The van der Waals surface area contributed by atoms with Crippen molar-refractivity contribution in [3.8, 4) is 5.75 Å². The van der Waals surface area contributed by atoms with Crippen molar-refractivity contribution in [3.05, 3.63) is 83.4 Å². The number of fused-ring (bicyclic) bond motifs is 2. The predicted molar refractivity (Wildman–Crippen MR) is 119 cm³/mol. The molecule has 2 atom stereocenters. The number of amides is 1. The Morgan fingerprint density at radius 3 is 2.90 bits per heavy atom. The maximum atomic E-state index is 12.8. The van der Waals surface area contributed by atoms with E-state index in [1.807, 2.05) is 30.5 Å². The summed E-state index contributed by atoms with van der Waals surface area (Å²) in [6.45, 7) is 2.04. The van der Waals surface area contributed by atoms with Gasteiger partial charge < -0.3 is 19.9 Å². The summed E-state index contributed by atoms with van der Waals surface area (Å²) < 4.78 is 7.92. The van der Waals surface area contributed by atoms with Gasteiger partial charge in [-0.3, -0.25) is 4.79 Å². The molecule has 0 saturated heterocycles.